The maximum atomic E-state index is 13.4. The van der Waals surface area contributed by atoms with Gasteiger partial charge in [-0.25, -0.2) is 14.2 Å². The SMILES string of the molecule is Cc1nc2n(c(=O)c1CCN1CCC(c3noc4cc(F)ccc34)CC1)CCC[C@H]2O.NC(=O)O. The predicted octanol–water partition coefficient (Wildman–Crippen LogP) is 2.70. The Kier molecular flexibility index (Phi) is 7.46. The van der Waals surface area contributed by atoms with E-state index in [1.54, 1.807) is 10.6 Å². The molecule has 4 N–H and O–H groups in total. The second kappa shape index (κ2) is 10.5. The molecule has 0 radical (unpaired) electrons. The van der Waals surface area contributed by atoms with Crippen LogP contribution in [-0.2, 0) is 13.0 Å². The Morgan fingerprint density at radius 3 is 2.69 bits per heavy atom. The summed E-state index contributed by atoms with van der Waals surface area (Å²) in [5, 5.41) is 22.5. The van der Waals surface area contributed by atoms with Gasteiger partial charge in [0.1, 0.15) is 17.7 Å². The summed E-state index contributed by atoms with van der Waals surface area (Å²) >= 11 is 0. The number of fused-ring (bicyclic) bond motifs is 2. The van der Waals surface area contributed by atoms with Crippen LogP contribution in [0.1, 0.15) is 60.5 Å². The molecule has 2 aliphatic heterocycles. The fourth-order valence-corrected chi connectivity index (χ4v) is 4.98. The van der Waals surface area contributed by atoms with Crippen molar-refractivity contribution in [3.05, 3.63) is 57.1 Å². The van der Waals surface area contributed by atoms with Crippen LogP contribution in [0.5, 0.6) is 0 Å². The summed E-state index contributed by atoms with van der Waals surface area (Å²) in [5.74, 6) is 0.489. The van der Waals surface area contributed by atoms with Crippen LogP contribution in [0, 0.1) is 12.7 Å². The number of benzene rings is 1. The highest BCUT2D eigenvalue weighted by atomic mass is 19.1. The number of primary amides is 1. The smallest absolute Gasteiger partial charge is 0.402 e. The van der Waals surface area contributed by atoms with E-state index in [-0.39, 0.29) is 11.4 Å². The summed E-state index contributed by atoms with van der Waals surface area (Å²) in [4.78, 5) is 28.7. The van der Waals surface area contributed by atoms with Crippen molar-refractivity contribution in [2.24, 2.45) is 5.73 Å². The van der Waals surface area contributed by atoms with Crippen molar-refractivity contribution in [2.45, 2.75) is 57.6 Å². The first-order chi connectivity index (χ1) is 16.7. The third kappa shape index (κ3) is 5.51. The van der Waals surface area contributed by atoms with E-state index in [4.69, 9.17) is 14.4 Å². The summed E-state index contributed by atoms with van der Waals surface area (Å²) in [5.41, 5.74) is 6.93. The molecule has 4 heterocycles. The van der Waals surface area contributed by atoms with Gasteiger partial charge in [0, 0.05) is 41.7 Å². The Bertz CT molecular complexity index is 1260. The Morgan fingerprint density at radius 1 is 1.26 bits per heavy atom. The number of amides is 1. The number of carboxylic acid groups (broad SMARTS) is 1. The summed E-state index contributed by atoms with van der Waals surface area (Å²) in [6, 6.07) is 4.58. The third-order valence-corrected chi connectivity index (χ3v) is 6.77. The van der Waals surface area contributed by atoms with Crippen molar-refractivity contribution in [2.75, 3.05) is 19.6 Å². The highest BCUT2D eigenvalue weighted by Gasteiger charge is 2.26. The second-order valence-electron chi connectivity index (χ2n) is 9.06. The highest BCUT2D eigenvalue weighted by molar-refractivity contribution is 5.79. The molecule has 1 atom stereocenters. The molecule has 0 saturated carbocycles. The van der Waals surface area contributed by atoms with Gasteiger partial charge in [-0.05, 0) is 64.3 Å². The van der Waals surface area contributed by atoms with Gasteiger partial charge in [-0.1, -0.05) is 5.16 Å². The maximum Gasteiger partial charge on any atom is 0.402 e. The Labute approximate surface area is 201 Å². The first kappa shape index (κ1) is 24.8. The van der Waals surface area contributed by atoms with Gasteiger partial charge in [-0.2, -0.15) is 0 Å². The van der Waals surface area contributed by atoms with Gasteiger partial charge >= 0.3 is 6.09 Å². The molecule has 5 rings (SSSR count). The number of hydrogen-bond acceptors (Lipinski definition) is 7. The highest BCUT2D eigenvalue weighted by Crippen LogP contribution is 2.32. The average Bonchev–Trinajstić information content (AvgIpc) is 3.23. The Hall–Kier alpha value is -3.31. The van der Waals surface area contributed by atoms with Crippen molar-refractivity contribution in [1.82, 2.24) is 19.6 Å². The minimum absolute atomic E-state index is 0.00237. The van der Waals surface area contributed by atoms with Gasteiger partial charge in [-0.3, -0.25) is 9.36 Å². The first-order valence-corrected chi connectivity index (χ1v) is 11.8. The number of piperidine rings is 1. The van der Waals surface area contributed by atoms with E-state index in [9.17, 15) is 14.3 Å². The van der Waals surface area contributed by atoms with Crippen molar-refractivity contribution in [1.29, 1.82) is 0 Å². The lowest BCUT2D eigenvalue weighted by atomic mass is 9.91. The van der Waals surface area contributed by atoms with Gasteiger partial charge in [0.25, 0.3) is 5.56 Å². The molecule has 0 bridgehead atoms. The van der Waals surface area contributed by atoms with Gasteiger partial charge in [-0.15, -0.1) is 0 Å². The monoisotopic (exact) mass is 487 g/mol. The van der Waals surface area contributed by atoms with Crippen LogP contribution in [0.25, 0.3) is 11.0 Å². The number of aliphatic hydroxyl groups is 1. The van der Waals surface area contributed by atoms with E-state index in [1.807, 2.05) is 6.92 Å². The van der Waals surface area contributed by atoms with E-state index >= 15 is 0 Å². The molecule has 11 heteroatoms. The number of nitrogens with two attached hydrogens (primary N) is 1. The minimum atomic E-state index is -1.33. The van der Waals surface area contributed by atoms with Crippen molar-refractivity contribution < 1.29 is 23.9 Å². The lowest BCUT2D eigenvalue weighted by molar-refractivity contribution is 0.129. The number of aliphatic hydroxyl groups excluding tert-OH is 1. The van der Waals surface area contributed by atoms with Gasteiger partial charge in [0.15, 0.2) is 5.58 Å². The number of likely N-dealkylation sites (tertiary alicyclic amines) is 1. The molecular weight excluding hydrogens is 457 g/mol. The summed E-state index contributed by atoms with van der Waals surface area (Å²) in [6.07, 6.45) is 2.05. The van der Waals surface area contributed by atoms with E-state index in [1.165, 1.54) is 12.1 Å². The molecule has 10 nitrogen and oxygen atoms in total. The molecule has 0 aliphatic carbocycles. The van der Waals surface area contributed by atoms with Crippen LogP contribution in [0.15, 0.2) is 27.5 Å². The third-order valence-electron chi connectivity index (χ3n) is 6.77. The number of halogens is 1. The van der Waals surface area contributed by atoms with Crippen molar-refractivity contribution in [3.63, 3.8) is 0 Å². The van der Waals surface area contributed by atoms with Crippen LogP contribution >= 0.6 is 0 Å². The average molecular weight is 488 g/mol. The zero-order valence-corrected chi connectivity index (χ0v) is 19.6. The molecule has 3 aromatic rings. The largest absolute Gasteiger partial charge is 0.465 e. The molecule has 1 amide bonds. The molecule has 0 unspecified atom stereocenters. The fourth-order valence-electron chi connectivity index (χ4n) is 4.98. The lowest BCUT2D eigenvalue weighted by Gasteiger charge is -2.31. The minimum Gasteiger partial charge on any atom is -0.465 e. The van der Waals surface area contributed by atoms with Crippen LogP contribution < -0.4 is 11.3 Å². The van der Waals surface area contributed by atoms with Crippen molar-refractivity contribution in [3.8, 4) is 0 Å². The number of nitrogens with zero attached hydrogens (tertiary/aromatic N) is 4. The van der Waals surface area contributed by atoms with Gasteiger partial charge in [0.2, 0.25) is 0 Å². The molecule has 1 fully saturated rings. The molecule has 2 aliphatic rings. The number of rotatable bonds is 4. The van der Waals surface area contributed by atoms with E-state index < -0.39 is 12.2 Å². The summed E-state index contributed by atoms with van der Waals surface area (Å²) in [6.45, 7) is 5.13. The number of hydrogen-bond donors (Lipinski definition) is 3. The Balaban J connectivity index is 0.000000672. The second-order valence-corrected chi connectivity index (χ2v) is 9.06. The number of aryl methyl sites for hydroxylation is 1. The molecule has 35 heavy (non-hydrogen) atoms. The summed E-state index contributed by atoms with van der Waals surface area (Å²) in [7, 11) is 0. The maximum absolute atomic E-state index is 13.4. The molecule has 1 aromatic carbocycles. The molecule has 2 aromatic heterocycles. The normalized spacial score (nSPS) is 18.7. The topological polar surface area (TPSA) is 148 Å². The quantitative estimate of drug-likeness (QED) is 0.509. The van der Waals surface area contributed by atoms with E-state index in [2.05, 4.69) is 20.8 Å². The standard InChI is InChI=1S/C23H27FN4O3.CH3NO2/c1-14-17(23(30)28-9-2-3-19(29)22(28)25-14)8-12-27-10-6-15(7-11-27)21-18-5-4-16(24)13-20(18)31-26-21;2-1(3)4/h4-5,13,15,19,29H,2-3,6-12H2,1H3;2H2,(H,3,4)/t19-;/m1./s1. The van der Waals surface area contributed by atoms with E-state index in [0.29, 0.717) is 36.7 Å². The van der Waals surface area contributed by atoms with Crippen LogP contribution in [0.2, 0.25) is 0 Å². The molecule has 188 valence electrons. The Morgan fingerprint density at radius 2 is 1.97 bits per heavy atom. The molecular formula is C24H30FN5O5. The predicted molar refractivity (Wildman–Crippen MR) is 126 cm³/mol. The fraction of sp³-hybridized carbons (Fsp3) is 0.500. The zero-order valence-electron chi connectivity index (χ0n) is 19.6. The van der Waals surface area contributed by atoms with E-state index in [0.717, 1.165) is 61.2 Å². The van der Waals surface area contributed by atoms with Crippen LogP contribution in [0.4, 0.5) is 9.18 Å². The molecule has 1 saturated heterocycles. The van der Waals surface area contributed by atoms with Crippen LogP contribution in [0.3, 0.4) is 0 Å². The zero-order chi connectivity index (χ0) is 25.1. The molecule has 0 spiro atoms. The summed E-state index contributed by atoms with van der Waals surface area (Å²) < 4.78 is 20.4. The van der Waals surface area contributed by atoms with Gasteiger partial charge in [0.05, 0.1) is 5.69 Å². The van der Waals surface area contributed by atoms with Crippen molar-refractivity contribution >= 4 is 17.1 Å². The lowest BCUT2D eigenvalue weighted by Crippen LogP contribution is -2.37. The first-order valence-electron chi connectivity index (χ1n) is 11.8. The van der Waals surface area contributed by atoms with Gasteiger partial charge < -0.3 is 25.4 Å². The van der Waals surface area contributed by atoms with Crippen LogP contribution in [-0.4, -0.2) is 55.5 Å². The number of carbonyl (C=O) groups is 1. The number of aromatic nitrogens is 3.